The van der Waals surface area contributed by atoms with Gasteiger partial charge in [0.25, 0.3) is 0 Å². The summed E-state index contributed by atoms with van der Waals surface area (Å²) in [5.74, 6) is 0.770. The van der Waals surface area contributed by atoms with Crippen molar-refractivity contribution in [1.29, 1.82) is 0 Å². The summed E-state index contributed by atoms with van der Waals surface area (Å²) in [6.45, 7) is 7.39. The van der Waals surface area contributed by atoms with Crippen molar-refractivity contribution in [3.05, 3.63) is 30.0 Å². The highest BCUT2D eigenvalue weighted by Crippen LogP contribution is 2.27. The van der Waals surface area contributed by atoms with Crippen LogP contribution in [0.4, 0.5) is 5.69 Å². The standard InChI is InChI=1S/C15H22N2O/c1-10(2)12(9-18)8-16-15-11(3)17-14-7-5-4-6-13(14)15/h4-7,10,12,16-18H,8-9H2,1-3H3. The van der Waals surface area contributed by atoms with Crippen molar-refractivity contribution in [3.63, 3.8) is 0 Å². The number of rotatable bonds is 5. The van der Waals surface area contributed by atoms with Crippen LogP contribution in [0.2, 0.25) is 0 Å². The first-order valence-corrected chi connectivity index (χ1v) is 6.55. The molecule has 0 aliphatic carbocycles. The van der Waals surface area contributed by atoms with E-state index < -0.39 is 0 Å². The summed E-state index contributed by atoms with van der Waals surface area (Å²) in [5.41, 5.74) is 3.46. The van der Waals surface area contributed by atoms with Gasteiger partial charge in [-0.05, 0) is 18.9 Å². The largest absolute Gasteiger partial charge is 0.396 e. The molecule has 2 aromatic rings. The molecule has 1 unspecified atom stereocenters. The van der Waals surface area contributed by atoms with Crippen LogP contribution in [-0.4, -0.2) is 23.2 Å². The molecule has 0 aliphatic heterocycles. The fourth-order valence-corrected chi connectivity index (χ4v) is 2.25. The van der Waals surface area contributed by atoms with Gasteiger partial charge in [0.2, 0.25) is 0 Å². The van der Waals surface area contributed by atoms with Crippen molar-refractivity contribution in [3.8, 4) is 0 Å². The molecule has 3 N–H and O–H groups in total. The first-order valence-electron chi connectivity index (χ1n) is 6.55. The third-order valence-corrected chi connectivity index (χ3v) is 3.61. The molecule has 1 aromatic heterocycles. The smallest absolute Gasteiger partial charge is 0.0628 e. The number of H-pyrrole nitrogens is 1. The SMILES string of the molecule is Cc1[nH]c2ccccc2c1NCC(CO)C(C)C. The minimum atomic E-state index is 0.228. The van der Waals surface area contributed by atoms with Crippen LogP contribution in [0.25, 0.3) is 10.9 Å². The Morgan fingerprint density at radius 2 is 2.00 bits per heavy atom. The van der Waals surface area contributed by atoms with E-state index in [0.717, 1.165) is 23.4 Å². The Kier molecular flexibility index (Phi) is 3.92. The molecule has 2 rings (SSSR count). The molecule has 0 amide bonds. The summed E-state index contributed by atoms with van der Waals surface area (Å²) in [7, 11) is 0. The average Bonchev–Trinajstić information content (AvgIpc) is 2.66. The second kappa shape index (κ2) is 5.44. The predicted octanol–water partition coefficient (Wildman–Crippen LogP) is 3.15. The lowest BCUT2D eigenvalue weighted by molar-refractivity contribution is 0.198. The van der Waals surface area contributed by atoms with Crippen LogP contribution in [0.3, 0.4) is 0 Å². The molecule has 0 saturated heterocycles. The van der Waals surface area contributed by atoms with E-state index in [2.05, 4.69) is 43.2 Å². The number of hydrogen-bond acceptors (Lipinski definition) is 2. The van der Waals surface area contributed by atoms with E-state index in [1.165, 1.54) is 5.39 Å². The topological polar surface area (TPSA) is 48.0 Å². The summed E-state index contributed by atoms with van der Waals surface area (Å²) in [6, 6.07) is 8.28. The zero-order valence-electron chi connectivity index (χ0n) is 11.3. The highest BCUT2D eigenvalue weighted by Gasteiger charge is 2.14. The number of fused-ring (bicyclic) bond motifs is 1. The maximum absolute atomic E-state index is 9.36. The van der Waals surface area contributed by atoms with E-state index in [4.69, 9.17) is 0 Å². The van der Waals surface area contributed by atoms with Gasteiger partial charge in [-0.2, -0.15) is 0 Å². The molecule has 1 atom stereocenters. The fraction of sp³-hybridized carbons (Fsp3) is 0.467. The molecule has 0 saturated carbocycles. The number of anilines is 1. The van der Waals surface area contributed by atoms with E-state index >= 15 is 0 Å². The first kappa shape index (κ1) is 13.0. The number of aromatic amines is 1. The van der Waals surface area contributed by atoms with E-state index in [9.17, 15) is 5.11 Å². The molecule has 18 heavy (non-hydrogen) atoms. The molecule has 0 bridgehead atoms. The number of benzene rings is 1. The van der Waals surface area contributed by atoms with Crippen LogP contribution in [0.15, 0.2) is 24.3 Å². The first-order chi connectivity index (χ1) is 8.63. The lowest BCUT2D eigenvalue weighted by atomic mass is 9.97. The van der Waals surface area contributed by atoms with Crippen molar-refractivity contribution in [1.82, 2.24) is 4.98 Å². The Bertz CT molecular complexity index is 516. The summed E-state index contributed by atoms with van der Waals surface area (Å²) in [5, 5.41) is 14.1. The third-order valence-electron chi connectivity index (χ3n) is 3.61. The van der Waals surface area contributed by atoms with Crippen molar-refractivity contribution >= 4 is 16.6 Å². The summed E-state index contributed by atoms with van der Waals surface area (Å²) >= 11 is 0. The number of aromatic nitrogens is 1. The van der Waals surface area contributed by atoms with E-state index in [0.29, 0.717) is 5.92 Å². The quantitative estimate of drug-likeness (QED) is 0.759. The van der Waals surface area contributed by atoms with Gasteiger partial charge in [-0.1, -0.05) is 32.0 Å². The number of aliphatic hydroxyl groups excluding tert-OH is 1. The zero-order valence-corrected chi connectivity index (χ0v) is 11.3. The molecular weight excluding hydrogens is 224 g/mol. The van der Waals surface area contributed by atoms with Gasteiger partial charge in [-0.25, -0.2) is 0 Å². The second-order valence-corrected chi connectivity index (χ2v) is 5.24. The van der Waals surface area contributed by atoms with E-state index in [-0.39, 0.29) is 12.5 Å². The van der Waals surface area contributed by atoms with Crippen molar-refractivity contribution < 1.29 is 5.11 Å². The highest BCUT2D eigenvalue weighted by molar-refractivity contribution is 5.94. The number of para-hydroxylation sites is 1. The maximum atomic E-state index is 9.36. The van der Waals surface area contributed by atoms with Crippen LogP contribution >= 0.6 is 0 Å². The molecule has 0 aliphatic rings. The molecule has 0 radical (unpaired) electrons. The monoisotopic (exact) mass is 246 g/mol. The number of hydrogen-bond donors (Lipinski definition) is 3. The van der Waals surface area contributed by atoms with Gasteiger partial charge in [0, 0.05) is 35.7 Å². The van der Waals surface area contributed by atoms with Crippen LogP contribution < -0.4 is 5.32 Å². The molecule has 3 heteroatoms. The number of aliphatic hydroxyl groups is 1. The lowest BCUT2D eigenvalue weighted by Crippen LogP contribution is -2.23. The minimum absolute atomic E-state index is 0.228. The molecule has 1 aromatic carbocycles. The van der Waals surface area contributed by atoms with Gasteiger partial charge >= 0.3 is 0 Å². The van der Waals surface area contributed by atoms with Gasteiger partial charge in [0.1, 0.15) is 0 Å². The van der Waals surface area contributed by atoms with E-state index in [1.54, 1.807) is 0 Å². The van der Waals surface area contributed by atoms with Crippen molar-refractivity contribution in [2.45, 2.75) is 20.8 Å². The Labute approximate surface area is 108 Å². The lowest BCUT2D eigenvalue weighted by Gasteiger charge is -2.19. The fourth-order valence-electron chi connectivity index (χ4n) is 2.25. The van der Waals surface area contributed by atoms with Gasteiger partial charge < -0.3 is 15.4 Å². The Balaban J connectivity index is 2.19. The minimum Gasteiger partial charge on any atom is -0.396 e. The van der Waals surface area contributed by atoms with Gasteiger partial charge in [0.05, 0.1) is 5.69 Å². The molecule has 1 heterocycles. The number of nitrogens with one attached hydrogen (secondary N) is 2. The third kappa shape index (κ3) is 2.51. The van der Waals surface area contributed by atoms with Crippen LogP contribution in [0.5, 0.6) is 0 Å². The van der Waals surface area contributed by atoms with Crippen molar-refractivity contribution in [2.75, 3.05) is 18.5 Å². The normalized spacial score (nSPS) is 13.2. The molecular formula is C15H22N2O. The molecule has 0 spiro atoms. The zero-order chi connectivity index (χ0) is 13.1. The Morgan fingerprint density at radius 3 is 2.67 bits per heavy atom. The summed E-state index contributed by atoms with van der Waals surface area (Å²) in [4.78, 5) is 3.37. The van der Waals surface area contributed by atoms with Crippen LogP contribution in [0.1, 0.15) is 19.5 Å². The van der Waals surface area contributed by atoms with E-state index in [1.807, 2.05) is 12.1 Å². The predicted molar refractivity (Wildman–Crippen MR) is 76.9 cm³/mol. The van der Waals surface area contributed by atoms with Gasteiger partial charge in [0.15, 0.2) is 0 Å². The van der Waals surface area contributed by atoms with Crippen LogP contribution in [0, 0.1) is 18.8 Å². The Morgan fingerprint density at radius 1 is 1.28 bits per heavy atom. The average molecular weight is 246 g/mol. The highest BCUT2D eigenvalue weighted by atomic mass is 16.3. The Hall–Kier alpha value is -1.48. The molecule has 98 valence electrons. The summed E-state index contributed by atoms with van der Waals surface area (Å²) in [6.07, 6.45) is 0. The second-order valence-electron chi connectivity index (χ2n) is 5.24. The van der Waals surface area contributed by atoms with Crippen LogP contribution in [-0.2, 0) is 0 Å². The van der Waals surface area contributed by atoms with Gasteiger partial charge in [-0.15, -0.1) is 0 Å². The maximum Gasteiger partial charge on any atom is 0.0628 e. The van der Waals surface area contributed by atoms with Crippen molar-refractivity contribution in [2.24, 2.45) is 11.8 Å². The molecule has 3 nitrogen and oxygen atoms in total. The number of aryl methyl sites for hydroxylation is 1. The molecule has 0 fully saturated rings. The summed E-state index contributed by atoms with van der Waals surface area (Å²) < 4.78 is 0. The van der Waals surface area contributed by atoms with Gasteiger partial charge in [-0.3, -0.25) is 0 Å².